The molecule has 1 amide bonds. The van der Waals surface area contributed by atoms with E-state index in [-0.39, 0.29) is 24.4 Å². The lowest BCUT2D eigenvalue weighted by Gasteiger charge is -2.36. The Bertz CT molecular complexity index is 689. The molecule has 2 atom stereocenters. The number of morpholine rings is 1. The molecule has 2 unspecified atom stereocenters. The van der Waals surface area contributed by atoms with E-state index in [0.29, 0.717) is 57.3 Å². The molecule has 8 heteroatoms. The largest absolute Gasteiger partial charge is 0.491 e. The van der Waals surface area contributed by atoms with Crippen LogP contribution in [-0.4, -0.2) is 92.0 Å². The summed E-state index contributed by atoms with van der Waals surface area (Å²) in [6, 6.07) is 6.67. The number of esters is 1. The number of benzene rings is 1. The van der Waals surface area contributed by atoms with Crippen LogP contribution in [0.3, 0.4) is 0 Å². The Morgan fingerprint density at radius 1 is 1.20 bits per heavy atom. The molecular weight excluding hydrogens is 388 g/mol. The number of hydrogen-bond donors (Lipinski definition) is 1. The second-order valence-electron chi connectivity index (χ2n) is 7.75. The number of hydrogen-bond acceptors (Lipinski definition) is 7. The van der Waals surface area contributed by atoms with Crippen molar-refractivity contribution in [3.63, 3.8) is 0 Å². The van der Waals surface area contributed by atoms with Crippen LogP contribution in [0.25, 0.3) is 0 Å². The maximum absolute atomic E-state index is 12.7. The lowest BCUT2D eigenvalue weighted by atomic mass is 9.96. The van der Waals surface area contributed by atoms with E-state index < -0.39 is 6.10 Å². The summed E-state index contributed by atoms with van der Waals surface area (Å²) in [5.41, 5.74) is 0.467. The maximum atomic E-state index is 12.7. The number of piperidine rings is 1. The van der Waals surface area contributed by atoms with Crippen LogP contribution in [0.5, 0.6) is 5.75 Å². The van der Waals surface area contributed by atoms with Crippen LogP contribution in [0, 0.1) is 5.92 Å². The quantitative estimate of drug-likeness (QED) is 0.632. The van der Waals surface area contributed by atoms with Crippen molar-refractivity contribution in [1.82, 2.24) is 9.80 Å². The number of aliphatic hydroxyl groups excluding tert-OH is 1. The number of aliphatic hydroxyl groups is 1. The third-order valence-electron chi connectivity index (χ3n) is 5.45. The molecule has 0 radical (unpaired) electrons. The number of amides is 1. The van der Waals surface area contributed by atoms with Gasteiger partial charge in [-0.15, -0.1) is 0 Å². The van der Waals surface area contributed by atoms with Crippen LogP contribution in [0.1, 0.15) is 30.1 Å². The van der Waals surface area contributed by atoms with E-state index >= 15 is 0 Å². The van der Waals surface area contributed by atoms with Crippen molar-refractivity contribution >= 4 is 11.9 Å². The average molecular weight is 421 g/mol. The first-order valence-electron chi connectivity index (χ1n) is 10.7. The topological polar surface area (TPSA) is 88.5 Å². The number of β-amino-alcohol motifs (C(OH)–C–C–N with tert-alkyl or cyclic N) is 1. The molecule has 0 spiro atoms. The number of likely N-dealkylation sites (tertiary alicyclic amines) is 1. The molecule has 2 heterocycles. The van der Waals surface area contributed by atoms with Gasteiger partial charge in [-0.25, -0.2) is 4.79 Å². The molecule has 1 aromatic carbocycles. The second-order valence-corrected chi connectivity index (χ2v) is 7.75. The van der Waals surface area contributed by atoms with Gasteiger partial charge in [0.15, 0.2) is 0 Å². The van der Waals surface area contributed by atoms with E-state index in [2.05, 4.69) is 4.90 Å². The monoisotopic (exact) mass is 420 g/mol. The summed E-state index contributed by atoms with van der Waals surface area (Å²) in [4.78, 5) is 28.5. The average Bonchev–Trinajstić information content (AvgIpc) is 2.78. The number of carbonyl (C=O) groups is 2. The predicted molar refractivity (Wildman–Crippen MR) is 110 cm³/mol. The number of nitrogens with zero attached hydrogens (tertiary/aromatic N) is 2. The fourth-order valence-corrected chi connectivity index (χ4v) is 3.91. The third-order valence-corrected chi connectivity index (χ3v) is 5.45. The zero-order valence-electron chi connectivity index (χ0n) is 17.6. The van der Waals surface area contributed by atoms with Crippen molar-refractivity contribution in [2.45, 2.75) is 25.9 Å². The van der Waals surface area contributed by atoms with Crippen molar-refractivity contribution < 1.29 is 28.9 Å². The van der Waals surface area contributed by atoms with Crippen molar-refractivity contribution in [2.75, 3.05) is 59.2 Å². The first-order valence-corrected chi connectivity index (χ1v) is 10.7. The molecule has 3 rings (SSSR count). The highest BCUT2D eigenvalue weighted by Crippen LogP contribution is 2.20. The number of ether oxygens (including phenoxy) is 3. The first kappa shape index (κ1) is 22.5. The maximum Gasteiger partial charge on any atom is 0.338 e. The van der Waals surface area contributed by atoms with Gasteiger partial charge < -0.3 is 24.2 Å². The molecule has 1 N–H and O–H groups in total. The fourth-order valence-electron chi connectivity index (χ4n) is 3.91. The summed E-state index contributed by atoms with van der Waals surface area (Å²) < 4.78 is 15.9. The molecule has 0 aromatic heterocycles. The summed E-state index contributed by atoms with van der Waals surface area (Å²) in [7, 11) is 0. The van der Waals surface area contributed by atoms with Gasteiger partial charge in [-0.1, -0.05) is 0 Å². The Morgan fingerprint density at radius 3 is 2.63 bits per heavy atom. The van der Waals surface area contributed by atoms with Crippen LogP contribution in [0.4, 0.5) is 0 Å². The molecule has 0 saturated carbocycles. The van der Waals surface area contributed by atoms with Crippen molar-refractivity contribution in [3.05, 3.63) is 29.8 Å². The molecular formula is C22H32N2O6. The molecule has 2 saturated heterocycles. The molecule has 0 bridgehead atoms. The van der Waals surface area contributed by atoms with Crippen LogP contribution >= 0.6 is 0 Å². The van der Waals surface area contributed by atoms with Crippen LogP contribution in [-0.2, 0) is 14.3 Å². The zero-order valence-corrected chi connectivity index (χ0v) is 17.6. The van der Waals surface area contributed by atoms with Crippen LogP contribution in [0.15, 0.2) is 24.3 Å². The SMILES string of the molecule is CCOC(=O)c1ccc(OCC(O)CN2CCCC(C(=O)N3CCOCC3)C2)cc1. The Hall–Kier alpha value is -2.16. The number of rotatable bonds is 8. The summed E-state index contributed by atoms with van der Waals surface area (Å²) in [6.45, 7) is 6.81. The van der Waals surface area contributed by atoms with Gasteiger partial charge in [0.2, 0.25) is 5.91 Å². The summed E-state index contributed by atoms with van der Waals surface area (Å²) in [6.07, 6.45) is 1.18. The van der Waals surface area contributed by atoms with Gasteiger partial charge in [0.25, 0.3) is 0 Å². The minimum atomic E-state index is -0.660. The Balaban J connectivity index is 1.42. The molecule has 2 fully saturated rings. The smallest absolute Gasteiger partial charge is 0.338 e. The highest BCUT2D eigenvalue weighted by molar-refractivity contribution is 5.89. The molecule has 0 aliphatic carbocycles. The second kappa shape index (κ2) is 11.3. The van der Waals surface area contributed by atoms with Crippen molar-refractivity contribution in [3.8, 4) is 5.75 Å². The van der Waals surface area contributed by atoms with Gasteiger partial charge in [-0.05, 0) is 50.6 Å². The predicted octanol–water partition coefficient (Wildman–Crippen LogP) is 1.17. The van der Waals surface area contributed by atoms with E-state index in [1.165, 1.54) is 0 Å². The lowest BCUT2D eigenvalue weighted by Crippen LogP contribution is -2.49. The van der Waals surface area contributed by atoms with E-state index in [1.54, 1.807) is 31.2 Å². The van der Waals surface area contributed by atoms with Crippen LogP contribution < -0.4 is 4.74 Å². The Kier molecular flexibility index (Phi) is 8.48. The fraction of sp³-hybridized carbons (Fsp3) is 0.636. The van der Waals surface area contributed by atoms with Gasteiger partial charge in [0.05, 0.1) is 31.3 Å². The highest BCUT2D eigenvalue weighted by atomic mass is 16.5. The Labute approximate surface area is 177 Å². The molecule has 2 aliphatic rings. The third kappa shape index (κ3) is 6.42. The highest BCUT2D eigenvalue weighted by Gasteiger charge is 2.30. The number of carbonyl (C=O) groups excluding carboxylic acids is 2. The molecule has 166 valence electrons. The van der Waals surface area contributed by atoms with Crippen molar-refractivity contribution in [2.24, 2.45) is 5.92 Å². The molecule has 8 nitrogen and oxygen atoms in total. The summed E-state index contributed by atoms with van der Waals surface area (Å²) >= 11 is 0. The zero-order chi connectivity index (χ0) is 21.3. The van der Waals surface area contributed by atoms with Gasteiger partial charge >= 0.3 is 5.97 Å². The normalized spacial score (nSPS) is 21.1. The summed E-state index contributed by atoms with van der Waals surface area (Å²) in [5, 5.41) is 10.4. The van der Waals surface area contributed by atoms with Crippen molar-refractivity contribution in [1.29, 1.82) is 0 Å². The Morgan fingerprint density at radius 2 is 1.93 bits per heavy atom. The van der Waals surface area contributed by atoms with Gasteiger partial charge in [0.1, 0.15) is 18.5 Å². The summed E-state index contributed by atoms with van der Waals surface area (Å²) in [5.74, 6) is 0.410. The van der Waals surface area contributed by atoms with Gasteiger partial charge in [-0.2, -0.15) is 0 Å². The van der Waals surface area contributed by atoms with E-state index in [4.69, 9.17) is 14.2 Å². The molecule has 1 aromatic rings. The molecule has 30 heavy (non-hydrogen) atoms. The van der Waals surface area contributed by atoms with E-state index in [1.807, 2.05) is 4.90 Å². The minimum absolute atomic E-state index is 0.0135. The molecule has 2 aliphatic heterocycles. The van der Waals surface area contributed by atoms with E-state index in [9.17, 15) is 14.7 Å². The van der Waals surface area contributed by atoms with Gasteiger partial charge in [0, 0.05) is 26.2 Å². The van der Waals surface area contributed by atoms with E-state index in [0.717, 1.165) is 19.4 Å². The van der Waals surface area contributed by atoms with Crippen LogP contribution in [0.2, 0.25) is 0 Å². The van der Waals surface area contributed by atoms with Gasteiger partial charge in [-0.3, -0.25) is 9.69 Å². The minimum Gasteiger partial charge on any atom is -0.491 e. The lowest BCUT2D eigenvalue weighted by molar-refractivity contribution is -0.141. The standard InChI is InChI=1S/C22H32N2O6/c1-2-29-22(27)17-5-7-20(8-6-17)30-16-19(25)15-23-9-3-4-18(14-23)21(26)24-10-12-28-13-11-24/h5-8,18-19,25H,2-4,9-16H2,1H3. The first-order chi connectivity index (χ1) is 14.6.